The highest BCUT2D eigenvalue weighted by molar-refractivity contribution is 4.85. The van der Waals surface area contributed by atoms with Crippen LogP contribution in [0.4, 0.5) is 0 Å². The van der Waals surface area contributed by atoms with Gasteiger partial charge in [-0.05, 0) is 50.4 Å². The molecule has 0 aromatic rings. The van der Waals surface area contributed by atoms with Gasteiger partial charge in [-0.2, -0.15) is 0 Å². The fourth-order valence-corrected chi connectivity index (χ4v) is 2.84. The summed E-state index contributed by atoms with van der Waals surface area (Å²) in [5.74, 6) is 1.41. The zero-order valence-electron chi connectivity index (χ0n) is 7.45. The number of rotatable bonds is 0. The molecule has 70 valence electrons. The van der Waals surface area contributed by atoms with Gasteiger partial charge in [-0.15, -0.1) is 0 Å². The summed E-state index contributed by atoms with van der Waals surface area (Å²) in [6, 6.07) is 0. The van der Waals surface area contributed by atoms with E-state index in [9.17, 15) is 10.2 Å². The summed E-state index contributed by atoms with van der Waals surface area (Å²) in [7, 11) is 0. The van der Waals surface area contributed by atoms with Crippen molar-refractivity contribution in [1.29, 1.82) is 0 Å². The molecule has 12 heavy (non-hydrogen) atoms. The minimum atomic E-state index is -0.0865. The van der Waals surface area contributed by atoms with Crippen molar-refractivity contribution in [2.24, 2.45) is 11.8 Å². The first kappa shape index (κ1) is 8.52. The molecule has 0 radical (unpaired) electrons. The number of hydrogen-bond acceptors (Lipinski definition) is 2. The van der Waals surface area contributed by atoms with E-state index in [4.69, 9.17) is 0 Å². The van der Waals surface area contributed by atoms with E-state index in [0.29, 0.717) is 5.92 Å². The zero-order valence-corrected chi connectivity index (χ0v) is 7.45. The summed E-state index contributed by atoms with van der Waals surface area (Å²) < 4.78 is 0. The largest absolute Gasteiger partial charge is 0.393 e. The van der Waals surface area contributed by atoms with Crippen LogP contribution in [-0.4, -0.2) is 22.4 Å². The Morgan fingerprint density at radius 2 is 1.17 bits per heavy atom. The molecular weight excluding hydrogens is 152 g/mol. The predicted molar refractivity (Wildman–Crippen MR) is 46.7 cm³/mol. The van der Waals surface area contributed by atoms with Crippen LogP contribution >= 0.6 is 0 Å². The van der Waals surface area contributed by atoms with Crippen LogP contribution in [0.15, 0.2) is 0 Å². The highest BCUT2D eigenvalue weighted by Crippen LogP contribution is 2.40. The molecule has 2 atom stereocenters. The predicted octanol–water partition coefficient (Wildman–Crippen LogP) is 1.31. The molecule has 0 aliphatic heterocycles. The first-order chi connectivity index (χ1) is 5.75. The van der Waals surface area contributed by atoms with E-state index in [-0.39, 0.29) is 12.2 Å². The van der Waals surface area contributed by atoms with Gasteiger partial charge >= 0.3 is 0 Å². The second-order valence-corrected chi connectivity index (χ2v) is 4.45. The molecule has 0 aromatic heterocycles. The van der Waals surface area contributed by atoms with Crippen molar-refractivity contribution in [3.63, 3.8) is 0 Å². The van der Waals surface area contributed by atoms with E-state index in [0.717, 1.165) is 31.6 Å². The van der Waals surface area contributed by atoms with Gasteiger partial charge < -0.3 is 10.2 Å². The van der Waals surface area contributed by atoms with Gasteiger partial charge in [0.1, 0.15) is 0 Å². The van der Waals surface area contributed by atoms with Gasteiger partial charge in [0, 0.05) is 0 Å². The molecule has 2 nitrogen and oxygen atoms in total. The van der Waals surface area contributed by atoms with Crippen LogP contribution in [0.5, 0.6) is 0 Å². The van der Waals surface area contributed by atoms with E-state index in [1.54, 1.807) is 0 Å². The van der Waals surface area contributed by atoms with Crippen LogP contribution in [0.1, 0.15) is 38.5 Å². The number of hydrogen-bond donors (Lipinski definition) is 2. The SMILES string of the molecule is OC1CCC2CCC(O)CC2C1. The molecule has 2 N–H and O–H groups in total. The third kappa shape index (κ3) is 1.64. The summed E-state index contributed by atoms with van der Waals surface area (Å²) in [5.41, 5.74) is 0. The van der Waals surface area contributed by atoms with Crippen LogP contribution < -0.4 is 0 Å². The van der Waals surface area contributed by atoms with Crippen molar-refractivity contribution < 1.29 is 10.2 Å². The number of fused-ring (bicyclic) bond motifs is 1. The standard InChI is InChI=1S/C10H18O2/c11-9-3-1-7-2-4-10(12)6-8(7)5-9/h7-12H,1-6H2. The third-order valence-electron chi connectivity index (χ3n) is 3.56. The molecule has 0 heterocycles. The smallest absolute Gasteiger partial charge is 0.0543 e. The lowest BCUT2D eigenvalue weighted by Gasteiger charge is -2.39. The molecule has 2 fully saturated rings. The number of aliphatic hydroxyl groups excluding tert-OH is 2. The lowest BCUT2D eigenvalue weighted by molar-refractivity contribution is 0.00395. The first-order valence-electron chi connectivity index (χ1n) is 5.12. The van der Waals surface area contributed by atoms with Crippen LogP contribution in [0.2, 0.25) is 0 Å². The molecule has 2 rings (SSSR count). The van der Waals surface area contributed by atoms with Crippen LogP contribution in [0.3, 0.4) is 0 Å². The second-order valence-electron chi connectivity index (χ2n) is 4.45. The monoisotopic (exact) mass is 170 g/mol. The van der Waals surface area contributed by atoms with E-state index < -0.39 is 0 Å². The van der Waals surface area contributed by atoms with Gasteiger partial charge in [0.25, 0.3) is 0 Å². The Morgan fingerprint density at radius 3 is 1.67 bits per heavy atom. The maximum absolute atomic E-state index is 9.45. The van der Waals surface area contributed by atoms with Crippen molar-refractivity contribution in [3.8, 4) is 0 Å². The Morgan fingerprint density at radius 1 is 0.667 bits per heavy atom. The summed E-state index contributed by atoms with van der Waals surface area (Å²) >= 11 is 0. The molecule has 0 spiro atoms. The molecule has 0 aromatic carbocycles. The Hall–Kier alpha value is -0.0800. The van der Waals surface area contributed by atoms with E-state index in [1.165, 1.54) is 12.8 Å². The van der Waals surface area contributed by atoms with E-state index >= 15 is 0 Å². The van der Waals surface area contributed by atoms with Gasteiger partial charge in [0.2, 0.25) is 0 Å². The maximum Gasteiger partial charge on any atom is 0.0543 e. The van der Waals surface area contributed by atoms with Crippen molar-refractivity contribution in [1.82, 2.24) is 0 Å². The molecule has 0 bridgehead atoms. The van der Waals surface area contributed by atoms with Gasteiger partial charge in [-0.25, -0.2) is 0 Å². The van der Waals surface area contributed by atoms with Gasteiger partial charge in [-0.3, -0.25) is 0 Å². The summed E-state index contributed by atoms with van der Waals surface area (Å²) in [6.07, 6.45) is 6.02. The Kier molecular flexibility index (Phi) is 2.37. The van der Waals surface area contributed by atoms with Crippen molar-refractivity contribution in [3.05, 3.63) is 0 Å². The molecule has 0 saturated heterocycles. The van der Waals surface area contributed by atoms with Crippen LogP contribution in [0, 0.1) is 11.8 Å². The quantitative estimate of drug-likeness (QED) is 0.575. The number of aliphatic hydroxyl groups is 2. The van der Waals surface area contributed by atoms with Crippen molar-refractivity contribution in [2.75, 3.05) is 0 Å². The minimum absolute atomic E-state index is 0.0865. The average molecular weight is 170 g/mol. The maximum atomic E-state index is 9.45. The zero-order chi connectivity index (χ0) is 8.55. The molecule has 0 amide bonds. The lowest BCUT2D eigenvalue weighted by Crippen LogP contribution is -2.34. The van der Waals surface area contributed by atoms with E-state index in [1.807, 2.05) is 0 Å². The third-order valence-corrected chi connectivity index (χ3v) is 3.56. The summed E-state index contributed by atoms with van der Waals surface area (Å²) in [5, 5.41) is 18.9. The van der Waals surface area contributed by atoms with Gasteiger partial charge in [0.15, 0.2) is 0 Å². The normalized spacial score (nSPS) is 48.5. The molecule has 2 aliphatic rings. The molecule has 2 aliphatic carbocycles. The summed E-state index contributed by atoms with van der Waals surface area (Å²) in [4.78, 5) is 0. The minimum Gasteiger partial charge on any atom is -0.393 e. The van der Waals surface area contributed by atoms with Crippen molar-refractivity contribution in [2.45, 2.75) is 50.7 Å². The topological polar surface area (TPSA) is 40.5 Å². The van der Waals surface area contributed by atoms with Crippen LogP contribution in [-0.2, 0) is 0 Å². The Bertz CT molecular complexity index is 142. The highest BCUT2D eigenvalue weighted by Gasteiger charge is 2.34. The van der Waals surface area contributed by atoms with E-state index in [2.05, 4.69) is 0 Å². The average Bonchev–Trinajstić information content (AvgIpc) is 2.03. The van der Waals surface area contributed by atoms with Gasteiger partial charge in [0.05, 0.1) is 12.2 Å². The summed E-state index contributed by atoms with van der Waals surface area (Å²) in [6.45, 7) is 0. The second kappa shape index (κ2) is 3.35. The highest BCUT2D eigenvalue weighted by atomic mass is 16.3. The Balaban J connectivity index is 1.94. The lowest BCUT2D eigenvalue weighted by atomic mass is 9.69. The van der Waals surface area contributed by atoms with Gasteiger partial charge in [-0.1, -0.05) is 0 Å². The Labute approximate surface area is 73.6 Å². The molecular formula is C10H18O2. The molecule has 2 saturated carbocycles. The van der Waals surface area contributed by atoms with Crippen LogP contribution in [0.25, 0.3) is 0 Å². The first-order valence-corrected chi connectivity index (χ1v) is 5.12. The van der Waals surface area contributed by atoms with Crippen molar-refractivity contribution >= 4 is 0 Å². The fraction of sp³-hybridized carbons (Fsp3) is 1.00. The fourth-order valence-electron chi connectivity index (χ4n) is 2.84. The molecule has 2 unspecified atom stereocenters. The molecule has 2 heteroatoms.